The number of halogens is 1. The van der Waals surface area contributed by atoms with Crippen LogP contribution in [0, 0.1) is 12.7 Å². The zero-order valence-electron chi connectivity index (χ0n) is 12.4. The van der Waals surface area contributed by atoms with E-state index in [1.807, 2.05) is 4.90 Å². The molecule has 8 heteroatoms. The van der Waals surface area contributed by atoms with Crippen molar-refractivity contribution in [1.29, 1.82) is 0 Å². The van der Waals surface area contributed by atoms with Crippen LogP contribution < -0.4 is 0 Å². The van der Waals surface area contributed by atoms with E-state index in [-0.39, 0.29) is 17.0 Å². The molecule has 21 heavy (non-hydrogen) atoms. The van der Waals surface area contributed by atoms with Gasteiger partial charge in [-0.2, -0.15) is 4.31 Å². The lowest BCUT2D eigenvalue weighted by Gasteiger charge is -2.21. The Morgan fingerprint density at radius 2 is 1.81 bits per heavy atom. The van der Waals surface area contributed by atoms with Crippen molar-refractivity contribution in [2.24, 2.45) is 0 Å². The summed E-state index contributed by atoms with van der Waals surface area (Å²) >= 11 is 0. The number of carboxylic acids is 1. The molecule has 0 unspecified atom stereocenters. The van der Waals surface area contributed by atoms with Crippen molar-refractivity contribution in [3.05, 3.63) is 29.1 Å². The smallest absolute Gasteiger partial charge is 0.335 e. The number of carbonyl (C=O) groups is 1. The summed E-state index contributed by atoms with van der Waals surface area (Å²) in [6, 6.07) is 1.80. The molecule has 6 nitrogen and oxygen atoms in total. The Labute approximate surface area is 123 Å². The highest BCUT2D eigenvalue weighted by Crippen LogP contribution is 2.23. The van der Waals surface area contributed by atoms with E-state index in [1.165, 1.54) is 14.0 Å². The Morgan fingerprint density at radius 1 is 1.24 bits per heavy atom. The lowest BCUT2D eigenvalue weighted by atomic mass is 10.1. The van der Waals surface area contributed by atoms with E-state index in [0.717, 1.165) is 16.4 Å². The Hall–Kier alpha value is -1.51. The van der Waals surface area contributed by atoms with Gasteiger partial charge in [0.05, 0.1) is 10.5 Å². The van der Waals surface area contributed by atoms with Crippen LogP contribution in [0.2, 0.25) is 0 Å². The van der Waals surface area contributed by atoms with Gasteiger partial charge in [0.2, 0.25) is 10.0 Å². The molecule has 1 rings (SSSR count). The standard InChI is InChI=1S/C13H19FN2O4S/c1-9-11(14)7-10(13(17)18)8-12(9)21(19,20)16(4)6-5-15(2)3/h7-8H,5-6H2,1-4H3,(H,17,18). The zero-order chi connectivity index (χ0) is 16.4. The first kappa shape index (κ1) is 17.5. The summed E-state index contributed by atoms with van der Waals surface area (Å²) < 4.78 is 39.7. The molecule has 0 aliphatic heterocycles. The summed E-state index contributed by atoms with van der Waals surface area (Å²) in [6.07, 6.45) is 0. The maximum Gasteiger partial charge on any atom is 0.335 e. The molecule has 0 bridgehead atoms. The largest absolute Gasteiger partial charge is 0.478 e. The molecule has 0 amide bonds. The van der Waals surface area contributed by atoms with Crippen LogP contribution in [0.15, 0.2) is 17.0 Å². The number of nitrogens with zero attached hydrogens (tertiary/aromatic N) is 2. The first-order valence-electron chi connectivity index (χ1n) is 6.22. The summed E-state index contributed by atoms with van der Waals surface area (Å²) in [5.74, 6) is -2.23. The number of rotatable bonds is 6. The van der Waals surface area contributed by atoms with Crippen molar-refractivity contribution in [1.82, 2.24) is 9.21 Å². The van der Waals surface area contributed by atoms with Gasteiger partial charge >= 0.3 is 5.97 Å². The second kappa shape index (κ2) is 6.50. The number of hydrogen-bond acceptors (Lipinski definition) is 4. The van der Waals surface area contributed by atoms with Gasteiger partial charge in [-0.05, 0) is 33.2 Å². The summed E-state index contributed by atoms with van der Waals surface area (Å²) in [4.78, 5) is 12.4. The number of likely N-dealkylation sites (N-methyl/N-ethyl adjacent to an activating group) is 2. The third kappa shape index (κ3) is 3.99. The molecule has 0 aliphatic carbocycles. The highest BCUT2D eigenvalue weighted by atomic mass is 32.2. The molecule has 0 spiro atoms. The molecular weight excluding hydrogens is 299 g/mol. The first-order chi connectivity index (χ1) is 9.57. The molecule has 1 N–H and O–H groups in total. The van der Waals surface area contributed by atoms with E-state index in [2.05, 4.69) is 0 Å². The topological polar surface area (TPSA) is 77.9 Å². The van der Waals surface area contributed by atoms with Gasteiger partial charge in [-0.3, -0.25) is 0 Å². The quantitative estimate of drug-likeness (QED) is 0.847. The summed E-state index contributed by atoms with van der Waals surface area (Å²) in [6.45, 7) is 2.03. The Kier molecular flexibility index (Phi) is 5.43. The van der Waals surface area contributed by atoms with Crippen molar-refractivity contribution < 1.29 is 22.7 Å². The predicted octanol–water partition coefficient (Wildman–Crippen LogP) is 1.01. The minimum Gasteiger partial charge on any atom is -0.478 e. The molecule has 0 saturated carbocycles. The molecule has 0 fully saturated rings. The second-order valence-corrected chi connectivity index (χ2v) is 7.03. The number of aromatic carboxylic acids is 1. The van der Waals surface area contributed by atoms with Crippen LogP contribution in [-0.2, 0) is 10.0 Å². The van der Waals surface area contributed by atoms with Crippen molar-refractivity contribution in [2.75, 3.05) is 34.2 Å². The molecular formula is C13H19FN2O4S. The third-order valence-corrected chi connectivity index (χ3v) is 5.08. The van der Waals surface area contributed by atoms with E-state index in [0.29, 0.717) is 6.54 Å². The van der Waals surface area contributed by atoms with Crippen molar-refractivity contribution >= 4 is 16.0 Å². The lowest BCUT2D eigenvalue weighted by molar-refractivity contribution is 0.0696. The highest BCUT2D eigenvalue weighted by Gasteiger charge is 2.26. The molecule has 0 heterocycles. The average Bonchev–Trinajstić information content (AvgIpc) is 2.38. The molecule has 1 aromatic rings. The zero-order valence-corrected chi connectivity index (χ0v) is 13.2. The van der Waals surface area contributed by atoms with Gasteiger partial charge in [0.25, 0.3) is 0 Å². The summed E-state index contributed by atoms with van der Waals surface area (Å²) in [5, 5.41) is 8.92. The number of carboxylic acid groups (broad SMARTS) is 1. The molecule has 0 aliphatic rings. The number of sulfonamides is 1. The van der Waals surface area contributed by atoms with Crippen LogP contribution in [0.5, 0.6) is 0 Å². The van der Waals surface area contributed by atoms with Crippen molar-refractivity contribution in [2.45, 2.75) is 11.8 Å². The number of benzene rings is 1. The summed E-state index contributed by atoms with van der Waals surface area (Å²) in [7, 11) is 1.04. The SMILES string of the molecule is Cc1c(F)cc(C(=O)O)cc1S(=O)(=O)N(C)CCN(C)C. The predicted molar refractivity (Wildman–Crippen MR) is 76.5 cm³/mol. The van der Waals surface area contributed by atoms with Crippen LogP contribution in [0.3, 0.4) is 0 Å². The van der Waals surface area contributed by atoms with E-state index < -0.39 is 27.4 Å². The highest BCUT2D eigenvalue weighted by molar-refractivity contribution is 7.89. The molecule has 0 atom stereocenters. The molecule has 118 valence electrons. The van der Waals surface area contributed by atoms with Gasteiger partial charge in [0, 0.05) is 25.7 Å². The lowest BCUT2D eigenvalue weighted by Crippen LogP contribution is -2.34. The normalized spacial score (nSPS) is 12.1. The Morgan fingerprint density at radius 3 is 2.29 bits per heavy atom. The van der Waals surface area contributed by atoms with E-state index in [4.69, 9.17) is 5.11 Å². The molecule has 0 aromatic heterocycles. The minimum atomic E-state index is -3.94. The fourth-order valence-electron chi connectivity index (χ4n) is 1.67. The first-order valence-corrected chi connectivity index (χ1v) is 7.66. The third-order valence-electron chi connectivity index (χ3n) is 3.09. The van der Waals surface area contributed by atoms with Crippen LogP contribution in [0.1, 0.15) is 15.9 Å². The van der Waals surface area contributed by atoms with Gasteiger partial charge in [-0.15, -0.1) is 0 Å². The molecule has 0 saturated heterocycles. The maximum atomic E-state index is 13.8. The second-order valence-electron chi connectivity index (χ2n) is 5.02. The molecule has 0 radical (unpaired) electrons. The van der Waals surface area contributed by atoms with Crippen molar-refractivity contribution in [3.8, 4) is 0 Å². The Bertz CT molecular complexity index is 644. The number of hydrogen-bond donors (Lipinski definition) is 1. The van der Waals surface area contributed by atoms with Crippen LogP contribution in [0.25, 0.3) is 0 Å². The molecule has 1 aromatic carbocycles. The van der Waals surface area contributed by atoms with Gasteiger partial charge < -0.3 is 10.0 Å². The van der Waals surface area contributed by atoms with E-state index >= 15 is 0 Å². The monoisotopic (exact) mass is 318 g/mol. The van der Waals surface area contributed by atoms with Crippen LogP contribution in [-0.4, -0.2) is 62.9 Å². The maximum absolute atomic E-state index is 13.8. The fourth-order valence-corrected chi connectivity index (χ4v) is 3.09. The van der Waals surface area contributed by atoms with Crippen molar-refractivity contribution in [3.63, 3.8) is 0 Å². The van der Waals surface area contributed by atoms with Gasteiger partial charge in [0.15, 0.2) is 0 Å². The Balaban J connectivity index is 3.27. The van der Waals surface area contributed by atoms with Gasteiger partial charge in [-0.25, -0.2) is 17.6 Å². The van der Waals surface area contributed by atoms with Gasteiger partial charge in [-0.1, -0.05) is 0 Å². The van der Waals surface area contributed by atoms with E-state index in [9.17, 15) is 17.6 Å². The fraction of sp³-hybridized carbons (Fsp3) is 0.462. The van der Waals surface area contributed by atoms with Crippen LogP contribution >= 0.6 is 0 Å². The average molecular weight is 318 g/mol. The van der Waals surface area contributed by atoms with Gasteiger partial charge in [0.1, 0.15) is 5.82 Å². The summed E-state index contributed by atoms with van der Waals surface area (Å²) in [5.41, 5.74) is -0.477. The van der Waals surface area contributed by atoms with Crippen LogP contribution in [0.4, 0.5) is 4.39 Å². The van der Waals surface area contributed by atoms with E-state index in [1.54, 1.807) is 14.1 Å². The minimum absolute atomic E-state index is 0.0864.